The van der Waals surface area contributed by atoms with E-state index in [0.717, 1.165) is 23.6 Å². The highest BCUT2D eigenvalue weighted by Gasteiger charge is 2.23. The molecule has 114 valence electrons. The first kappa shape index (κ1) is 15.9. The fourth-order valence-electron chi connectivity index (χ4n) is 2.43. The number of halogens is 1. The van der Waals surface area contributed by atoms with E-state index in [1.54, 1.807) is 13.3 Å². The largest absolute Gasteiger partial charge is 0.497 e. The molecule has 0 radical (unpaired) electrons. The van der Waals surface area contributed by atoms with Gasteiger partial charge in [0.1, 0.15) is 5.75 Å². The average molecular weight is 308 g/mol. The fourth-order valence-corrected chi connectivity index (χ4v) is 2.67. The van der Waals surface area contributed by atoms with Crippen LogP contribution >= 0.6 is 11.6 Å². The number of benzene rings is 1. The van der Waals surface area contributed by atoms with Crippen LogP contribution in [0.25, 0.3) is 0 Å². The Balaban J connectivity index is 2.50. The summed E-state index contributed by atoms with van der Waals surface area (Å²) in [6.45, 7) is 7.11. The van der Waals surface area contributed by atoms with Crippen molar-refractivity contribution in [3.63, 3.8) is 0 Å². The van der Waals surface area contributed by atoms with Gasteiger partial charge in [0.25, 0.3) is 0 Å². The minimum Gasteiger partial charge on any atom is -0.497 e. The molecular formula is C16H22ClN3O. The van der Waals surface area contributed by atoms with E-state index in [-0.39, 0.29) is 12.1 Å². The number of methoxy groups -OCH3 is 1. The first-order valence-electron chi connectivity index (χ1n) is 7.18. The van der Waals surface area contributed by atoms with E-state index in [1.165, 1.54) is 0 Å². The Kier molecular flexibility index (Phi) is 5.26. The summed E-state index contributed by atoms with van der Waals surface area (Å²) in [5.74, 6) is 0.835. The molecule has 0 spiro atoms. The zero-order valence-electron chi connectivity index (χ0n) is 12.9. The molecule has 21 heavy (non-hydrogen) atoms. The van der Waals surface area contributed by atoms with E-state index in [9.17, 15) is 0 Å². The first-order valence-corrected chi connectivity index (χ1v) is 7.56. The van der Waals surface area contributed by atoms with E-state index in [2.05, 4.69) is 37.3 Å². The van der Waals surface area contributed by atoms with Crippen molar-refractivity contribution in [1.82, 2.24) is 15.1 Å². The van der Waals surface area contributed by atoms with Gasteiger partial charge in [0, 0.05) is 6.04 Å². The molecule has 0 saturated carbocycles. The molecule has 1 aromatic heterocycles. The van der Waals surface area contributed by atoms with Crippen LogP contribution in [0.1, 0.15) is 44.1 Å². The molecule has 2 rings (SSSR count). The molecule has 0 aliphatic heterocycles. The third-order valence-electron chi connectivity index (χ3n) is 3.38. The summed E-state index contributed by atoms with van der Waals surface area (Å²) in [6.07, 6.45) is 1.71. The van der Waals surface area contributed by atoms with Gasteiger partial charge in [-0.05, 0) is 38.1 Å². The Labute approximate surface area is 131 Å². The van der Waals surface area contributed by atoms with Crippen molar-refractivity contribution in [2.75, 3.05) is 13.7 Å². The van der Waals surface area contributed by atoms with Crippen molar-refractivity contribution in [3.05, 3.63) is 46.7 Å². The third-order valence-corrected chi connectivity index (χ3v) is 3.68. The lowest BCUT2D eigenvalue weighted by molar-refractivity contribution is 0.413. The summed E-state index contributed by atoms with van der Waals surface area (Å²) in [5.41, 5.74) is 2.10. The molecule has 0 aliphatic carbocycles. The van der Waals surface area contributed by atoms with Gasteiger partial charge in [-0.25, -0.2) is 0 Å². The Morgan fingerprint density at radius 2 is 2.14 bits per heavy atom. The Bertz CT molecular complexity index is 595. The number of nitrogens with zero attached hydrogens (tertiary/aromatic N) is 2. The minimum absolute atomic E-state index is 0.0116. The minimum atomic E-state index is -0.0116. The second kappa shape index (κ2) is 6.96. The quantitative estimate of drug-likeness (QED) is 0.881. The van der Waals surface area contributed by atoms with Gasteiger partial charge in [0.2, 0.25) is 0 Å². The Hall–Kier alpha value is -1.52. The predicted molar refractivity (Wildman–Crippen MR) is 86.1 cm³/mol. The second-order valence-electron chi connectivity index (χ2n) is 5.18. The SMILES string of the molecule is CCNC(c1cccc(OC)c1)c1c(Cl)cnn1C(C)C. The maximum absolute atomic E-state index is 6.39. The Morgan fingerprint density at radius 1 is 1.38 bits per heavy atom. The van der Waals surface area contributed by atoms with Crippen molar-refractivity contribution >= 4 is 11.6 Å². The molecule has 1 unspecified atom stereocenters. The van der Waals surface area contributed by atoms with Gasteiger partial charge in [0.15, 0.2) is 0 Å². The van der Waals surface area contributed by atoms with Crippen molar-refractivity contribution in [2.45, 2.75) is 32.9 Å². The highest BCUT2D eigenvalue weighted by molar-refractivity contribution is 6.31. The predicted octanol–water partition coefficient (Wildman–Crippen LogP) is 3.82. The zero-order valence-corrected chi connectivity index (χ0v) is 13.7. The summed E-state index contributed by atoms with van der Waals surface area (Å²) in [5, 5.41) is 8.57. The van der Waals surface area contributed by atoms with Crippen molar-refractivity contribution in [1.29, 1.82) is 0 Å². The summed E-state index contributed by atoms with van der Waals surface area (Å²) < 4.78 is 7.29. The van der Waals surface area contributed by atoms with Gasteiger partial charge < -0.3 is 10.1 Å². The van der Waals surface area contributed by atoms with Gasteiger partial charge >= 0.3 is 0 Å². The lowest BCUT2D eigenvalue weighted by Crippen LogP contribution is -2.25. The van der Waals surface area contributed by atoms with Crippen LogP contribution in [0, 0.1) is 0 Å². The van der Waals surface area contributed by atoms with Crippen LogP contribution in [-0.4, -0.2) is 23.4 Å². The van der Waals surface area contributed by atoms with Crippen LogP contribution in [0.4, 0.5) is 0 Å². The molecule has 1 aromatic carbocycles. The van der Waals surface area contributed by atoms with E-state index < -0.39 is 0 Å². The van der Waals surface area contributed by atoms with Crippen LogP contribution < -0.4 is 10.1 Å². The summed E-state index contributed by atoms with van der Waals surface area (Å²) in [4.78, 5) is 0. The molecule has 1 atom stereocenters. The standard InChI is InChI=1S/C16H22ClN3O/c1-5-18-15(12-7-6-8-13(9-12)21-4)16-14(17)10-19-20(16)11(2)3/h6-11,15,18H,5H2,1-4H3. The van der Waals surface area contributed by atoms with Crippen LogP contribution in [0.5, 0.6) is 5.75 Å². The lowest BCUT2D eigenvalue weighted by atomic mass is 10.0. The van der Waals surface area contributed by atoms with Crippen molar-refractivity contribution in [3.8, 4) is 5.75 Å². The van der Waals surface area contributed by atoms with Crippen LogP contribution in [0.3, 0.4) is 0 Å². The van der Waals surface area contributed by atoms with Crippen LogP contribution in [0.2, 0.25) is 5.02 Å². The normalized spacial score (nSPS) is 12.7. The average Bonchev–Trinajstić information content (AvgIpc) is 2.86. The van der Waals surface area contributed by atoms with Crippen molar-refractivity contribution in [2.24, 2.45) is 0 Å². The molecule has 0 saturated heterocycles. The Morgan fingerprint density at radius 3 is 2.76 bits per heavy atom. The van der Waals surface area contributed by atoms with Gasteiger partial charge in [-0.2, -0.15) is 5.10 Å². The lowest BCUT2D eigenvalue weighted by Gasteiger charge is -2.22. The van der Waals surface area contributed by atoms with Gasteiger partial charge in [-0.1, -0.05) is 30.7 Å². The molecular weight excluding hydrogens is 286 g/mol. The molecule has 0 bridgehead atoms. The number of ether oxygens (including phenoxy) is 1. The van der Waals surface area contributed by atoms with Gasteiger partial charge in [-0.15, -0.1) is 0 Å². The third kappa shape index (κ3) is 3.39. The zero-order chi connectivity index (χ0) is 15.4. The molecule has 1 N–H and O–H groups in total. The highest BCUT2D eigenvalue weighted by atomic mass is 35.5. The van der Waals surface area contributed by atoms with E-state index in [4.69, 9.17) is 16.3 Å². The monoisotopic (exact) mass is 307 g/mol. The smallest absolute Gasteiger partial charge is 0.119 e. The van der Waals surface area contributed by atoms with Crippen LogP contribution in [-0.2, 0) is 0 Å². The first-order chi connectivity index (χ1) is 10.1. The number of hydrogen-bond donors (Lipinski definition) is 1. The fraction of sp³-hybridized carbons (Fsp3) is 0.438. The summed E-state index contributed by atoms with van der Waals surface area (Å²) in [7, 11) is 1.67. The topological polar surface area (TPSA) is 39.1 Å². The summed E-state index contributed by atoms with van der Waals surface area (Å²) in [6, 6.07) is 8.27. The molecule has 4 nitrogen and oxygen atoms in total. The second-order valence-corrected chi connectivity index (χ2v) is 5.59. The van der Waals surface area contributed by atoms with E-state index in [0.29, 0.717) is 5.02 Å². The number of rotatable bonds is 6. The van der Waals surface area contributed by atoms with E-state index in [1.807, 2.05) is 22.9 Å². The molecule has 1 heterocycles. The molecule has 0 aliphatic rings. The maximum atomic E-state index is 6.39. The molecule has 2 aromatic rings. The summed E-state index contributed by atoms with van der Waals surface area (Å²) >= 11 is 6.39. The van der Waals surface area contributed by atoms with Crippen LogP contribution in [0.15, 0.2) is 30.5 Å². The maximum Gasteiger partial charge on any atom is 0.119 e. The van der Waals surface area contributed by atoms with Gasteiger partial charge in [-0.3, -0.25) is 4.68 Å². The number of hydrogen-bond acceptors (Lipinski definition) is 3. The number of nitrogens with one attached hydrogen (secondary N) is 1. The molecule has 0 amide bonds. The molecule has 5 heteroatoms. The highest BCUT2D eigenvalue weighted by Crippen LogP contribution is 2.31. The van der Waals surface area contributed by atoms with E-state index >= 15 is 0 Å². The molecule has 0 fully saturated rings. The van der Waals surface area contributed by atoms with Crippen molar-refractivity contribution < 1.29 is 4.74 Å². The van der Waals surface area contributed by atoms with Gasteiger partial charge in [0.05, 0.1) is 30.1 Å². The number of aromatic nitrogens is 2.